The van der Waals surface area contributed by atoms with E-state index in [-0.39, 0.29) is 0 Å². The second-order valence-corrected chi connectivity index (χ2v) is 4.16. The van der Waals surface area contributed by atoms with Crippen LogP contribution >= 0.6 is 0 Å². The van der Waals surface area contributed by atoms with Gasteiger partial charge in [-0.3, -0.25) is 0 Å². The monoisotopic (exact) mass is 218 g/mol. The molecule has 1 heterocycles. The summed E-state index contributed by atoms with van der Waals surface area (Å²) in [6.45, 7) is 5.88. The molecule has 0 bridgehead atoms. The van der Waals surface area contributed by atoms with Gasteiger partial charge >= 0.3 is 0 Å². The summed E-state index contributed by atoms with van der Waals surface area (Å²) in [5.74, 6) is 1.05. The van der Waals surface area contributed by atoms with Crippen LogP contribution in [-0.4, -0.2) is 18.1 Å². The molecule has 0 aliphatic heterocycles. The van der Waals surface area contributed by atoms with Gasteiger partial charge < -0.3 is 10.6 Å². The van der Waals surface area contributed by atoms with Crippen LogP contribution in [0.15, 0.2) is 18.3 Å². The Morgan fingerprint density at radius 2 is 2.31 bits per heavy atom. The molecule has 0 aliphatic rings. The van der Waals surface area contributed by atoms with E-state index in [2.05, 4.69) is 29.8 Å². The van der Waals surface area contributed by atoms with Gasteiger partial charge in [0.05, 0.1) is 18.2 Å². The first-order chi connectivity index (χ1) is 7.65. The van der Waals surface area contributed by atoms with Crippen LogP contribution in [0.3, 0.4) is 0 Å². The van der Waals surface area contributed by atoms with Crippen molar-refractivity contribution in [3.05, 3.63) is 18.3 Å². The van der Waals surface area contributed by atoms with Crippen LogP contribution in [0.4, 0.5) is 11.5 Å². The summed E-state index contributed by atoms with van der Waals surface area (Å²) in [6.07, 6.45) is 2.18. The van der Waals surface area contributed by atoms with E-state index in [9.17, 15) is 0 Å². The number of anilines is 2. The Labute approximate surface area is 96.7 Å². The molecule has 0 aromatic carbocycles. The Morgan fingerprint density at radius 3 is 2.88 bits per heavy atom. The van der Waals surface area contributed by atoms with Crippen molar-refractivity contribution in [2.75, 3.05) is 23.7 Å². The molecule has 0 fully saturated rings. The average Bonchev–Trinajstić information content (AvgIpc) is 2.24. The Balaban J connectivity index is 2.83. The number of hydrogen-bond acceptors (Lipinski definition) is 4. The Morgan fingerprint density at radius 1 is 1.56 bits per heavy atom. The van der Waals surface area contributed by atoms with Crippen LogP contribution < -0.4 is 10.6 Å². The van der Waals surface area contributed by atoms with Gasteiger partial charge in [-0.05, 0) is 18.1 Å². The largest absolute Gasteiger partial charge is 0.382 e. The maximum absolute atomic E-state index is 8.64. The average molecular weight is 218 g/mol. The highest BCUT2D eigenvalue weighted by molar-refractivity contribution is 5.62. The third-order valence-corrected chi connectivity index (χ3v) is 2.24. The molecule has 1 aromatic rings. The lowest BCUT2D eigenvalue weighted by atomic mass is 10.2. The van der Waals surface area contributed by atoms with Gasteiger partial charge in [-0.2, -0.15) is 5.26 Å². The molecular weight excluding hydrogens is 200 g/mol. The van der Waals surface area contributed by atoms with Gasteiger partial charge in [0, 0.05) is 19.3 Å². The Kier molecular flexibility index (Phi) is 4.59. The smallest absolute Gasteiger partial charge is 0.146 e. The van der Waals surface area contributed by atoms with Crippen LogP contribution in [-0.2, 0) is 0 Å². The quantitative estimate of drug-likeness (QED) is 0.821. The zero-order valence-corrected chi connectivity index (χ0v) is 9.85. The first-order valence-corrected chi connectivity index (χ1v) is 5.47. The number of nitrogens with two attached hydrogens (primary N) is 1. The number of nitrogen functional groups attached to an aromatic ring is 1. The molecule has 0 aliphatic carbocycles. The minimum atomic E-state index is 0.501. The van der Waals surface area contributed by atoms with Crippen molar-refractivity contribution < 1.29 is 0 Å². The van der Waals surface area contributed by atoms with Crippen molar-refractivity contribution in [2.24, 2.45) is 5.92 Å². The highest BCUT2D eigenvalue weighted by Gasteiger charge is 2.11. The van der Waals surface area contributed by atoms with E-state index in [1.807, 2.05) is 12.1 Å². The molecule has 0 amide bonds. The first-order valence-electron chi connectivity index (χ1n) is 5.47. The molecule has 0 atom stereocenters. The van der Waals surface area contributed by atoms with Gasteiger partial charge in [0.1, 0.15) is 5.82 Å². The molecular formula is C12H18N4. The van der Waals surface area contributed by atoms with Crippen LogP contribution in [0.1, 0.15) is 20.3 Å². The third-order valence-electron chi connectivity index (χ3n) is 2.24. The van der Waals surface area contributed by atoms with Gasteiger partial charge in [0.2, 0.25) is 0 Å². The molecule has 4 heteroatoms. The molecule has 0 saturated heterocycles. The van der Waals surface area contributed by atoms with Gasteiger partial charge in [-0.1, -0.05) is 13.8 Å². The van der Waals surface area contributed by atoms with E-state index in [1.165, 1.54) is 0 Å². The summed E-state index contributed by atoms with van der Waals surface area (Å²) in [4.78, 5) is 6.19. The maximum Gasteiger partial charge on any atom is 0.146 e. The summed E-state index contributed by atoms with van der Waals surface area (Å²) < 4.78 is 0. The molecule has 16 heavy (non-hydrogen) atoms. The fourth-order valence-electron chi connectivity index (χ4n) is 1.61. The van der Waals surface area contributed by atoms with Crippen LogP contribution in [0.5, 0.6) is 0 Å². The van der Waals surface area contributed by atoms with Gasteiger partial charge in [0.25, 0.3) is 0 Å². The predicted molar refractivity (Wildman–Crippen MR) is 65.9 cm³/mol. The van der Waals surface area contributed by atoms with Crippen molar-refractivity contribution >= 4 is 11.5 Å². The van der Waals surface area contributed by atoms with Crippen LogP contribution in [0.2, 0.25) is 0 Å². The number of nitriles is 1. The summed E-state index contributed by atoms with van der Waals surface area (Å²) in [5.41, 5.74) is 6.76. The van der Waals surface area contributed by atoms with Crippen LogP contribution in [0, 0.1) is 17.2 Å². The van der Waals surface area contributed by atoms with Crippen molar-refractivity contribution in [3.63, 3.8) is 0 Å². The van der Waals surface area contributed by atoms with Crippen molar-refractivity contribution in [2.45, 2.75) is 20.3 Å². The highest BCUT2D eigenvalue weighted by atomic mass is 15.1. The van der Waals surface area contributed by atoms with E-state index < -0.39 is 0 Å². The van der Waals surface area contributed by atoms with Crippen LogP contribution in [0.25, 0.3) is 0 Å². The third kappa shape index (κ3) is 3.43. The zero-order chi connectivity index (χ0) is 12.0. The van der Waals surface area contributed by atoms with Gasteiger partial charge in [-0.25, -0.2) is 4.98 Å². The Hall–Kier alpha value is -1.76. The van der Waals surface area contributed by atoms with E-state index in [4.69, 9.17) is 11.0 Å². The highest BCUT2D eigenvalue weighted by Crippen LogP contribution is 2.21. The Bertz CT molecular complexity index is 368. The molecule has 86 valence electrons. The number of pyridine rings is 1. The second-order valence-electron chi connectivity index (χ2n) is 4.16. The molecule has 4 nitrogen and oxygen atoms in total. The number of aromatic nitrogens is 1. The van der Waals surface area contributed by atoms with Gasteiger partial charge in [0.15, 0.2) is 0 Å². The number of nitrogens with zero attached hydrogens (tertiary/aromatic N) is 3. The lowest BCUT2D eigenvalue weighted by Crippen LogP contribution is -2.29. The number of hydrogen-bond donors (Lipinski definition) is 1. The molecule has 0 unspecified atom stereocenters. The SMILES string of the molecule is CC(C)CN(CCC#N)c1cccnc1N. The topological polar surface area (TPSA) is 65.9 Å². The lowest BCUT2D eigenvalue weighted by Gasteiger charge is -2.26. The number of rotatable bonds is 5. The molecule has 1 aromatic heterocycles. The standard InChI is InChI=1S/C12H18N4/c1-10(2)9-16(8-4-6-13)11-5-3-7-15-12(11)14/h3,5,7,10H,4,8-9H2,1-2H3,(H2,14,15). The fraction of sp³-hybridized carbons (Fsp3) is 0.500. The first kappa shape index (κ1) is 12.3. The predicted octanol–water partition coefficient (Wildman–Crippen LogP) is 2.04. The summed E-state index contributed by atoms with van der Waals surface area (Å²) in [6, 6.07) is 5.97. The van der Waals surface area contributed by atoms with E-state index >= 15 is 0 Å². The zero-order valence-electron chi connectivity index (χ0n) is 9.85. The van der Waals surface area contributed by atoms with E-state index in [0.29, 0.717) is 24.7 Å². The fourth-order valence-corrected chi connectivity index (χ4v) is 1.61. The van der Waals surface area contributed by atoms with E-state index in [1.54, 1.807) is 6.20 Å². The molecule has 1 rings (SSSR count). The van der Waals surface area contributed by atoms with E-state index in [0.717, 1.165) is 12.2 Å². The maximum atomic E-state index is 8.64. The normalized spacial score (nSPS) is 10.1. The van der Waals surface area contributed by atoms with Crippen molar-refractivity contribution in [3.8, 4) is 6.07 Å². The van der Waals surface area contributed by atoms with Crippen molar-refractivity contribution in [1.29, 1.82) is 5.26 Å². The van der Waals surface area contributed by atoms with Crippen molar-refractivity contribution in [1.82, 2.24) is 4.98 Å². The minimum Gasteiger partial charge on any atom is -0.382 e. The molecule has 0 radical (unpaired) electrons. The summed E-state index contributed by atoms with van der Waals surface area (Å²) in [5, 5.41) is 8.64. The summed E-state index contributed by atoms with van der Waals surface area (Å²) in [7, 11) is 0. The lowest BCUT2D eigenvalue weighted by molar-refractivity contribution is 0.612. The minimum absolute atomic E-state index is 0.501. The summed E-state index contributed by atoms with van der Waals surface area (Å²) >= 11 is 0. The molecule has 0 saturated carbocycles. The second kappa shape index (κ2) is 5.96. The van der Waals surface area contributed by atoms with Gasteiger partial charge in [-0.15, -0.1) is 0 Å². The molecule has 2 N–H and O–H groups in total. The molecule has 0 spiro atoms.